The van der Waals surface area contributed by atoms with Crippen molar-refractivity contribution >= 4 is 11.9 Å². The molecule has 0 aliphatic carbocycles. The van der Waals surface area contributed by atoms with Crippen LogP contribution in [0.15, 0.2) is 0 Å². The Morgan fingerprint density at radius 2 is 1.54 bits per heavy atom. The van der Waals surface area contributed by atoms with Crippen LogP contribution < -0.4 is 0 Å². The predicted octanol–water partition coefficient (Wildman–Crippen LogP) is 4.71. The van der Waals surface area contributed by atoms with Crippen LogP contribution in [0.1, 0.15) is 90.9 Å². The first-order chi connectivity index (χ1) is 11.7. The molecule has 0 saturated carbocycles. The van der Waals surface area contributed by atoms with E-state index in [2.05, 4.69) is 13.8 Å². The number of rotatable bonds is 14. The van der Waals surface area contributed by atoms with Crippen molar-refractivity contribution in [1.29, 1.82) is 0 Å². The Morgan fingerprint density at radius 1 is 0.958 bits per heavy atom. The highest BCUT2D eigenvalue weighted by molar-refractivity contribution is 5.86. The van der Waals surface area contributed by atoms with Gasteiger partial charge in [0.1, 0.15) is 0 Å². The number of esters is 1. The van der Waals surface area contributed by atoms with Gasteiger partial charge in [0.15, 0.2) is 0 Å². The number of nitrogens with zero attached hydrogens (tertiary/aromatic N) is 1. The monoisotopic (exact) mass is 339 g/mol. The van der Waals surface area contributed by atoms with E-state index < -0.39 is 0 Å². The van der Waals surface area contributed by atoms with Crippen molar-refractivity contribution in [1.82, 2.24) is 4.90 Å². The van der Waals surface area contributed by atoms with E-state index in [-0.39, 0.29) is 17.8 Å². The molecular weight excluding hydrogens is 302 g/mol. The summed E-state index contributed by atoms with van der Waals surface area (Å²) < 4.78 is 5.33. The molecular formula is C20H37NO3. The van der Waals surface area contributed by atoms with Gasteiger partial charge in [0.25, 0.3) is 0 Å². The van der Waals surface area contributed by atoms with E-state index in [9.17, 15) is 9.59 Å². The van der Waals surface area contributed by atoms with Crippen LogP contribution in [0.2, 0.25) is 0 Å². The molecule has 4 heteroatoms. The predicted molar refractivity (Wildman–Crippen MR) is 97.8 cm³/mol. The molecule has 1 amide bonds. The summed E-state index contributed by atoms with van der Waals surface area (Å²) in [6, 6.07) is 0. The number of carbonyl (C=O) groups is 2. The van der Waals surface area contributed by atoms with Crippen molar-refractivity contribution in [2.75, 3.05) is 19.7 Å². The minimum Gasteiger partial charge on any atom is -0.465 e. The zero-order chi connectivity index (χ0) is 17.6. The topological polar surface area (TPSA) is 46.6 Å². The van der Waals surface area contributed by atoms with Crippen LogP contribution >= 0.6 is 0 Å². The number of hydrogen-bond donors (Lipinski definition) is 0. The third-order valence-corrected chi connectivity index (χ3v) is 4.82. The van der Waals surface area contributed by atoms with Crippen LogP contribution in [0.4, 0.5) is 0 Å². The van der Waals surface area contributed by atoms with E-state index in [4.69, 9.17) is 4.74 Å². The normalized spacial score (nSPS) is 17.5. The van der Waals surface area contributed by atoms with Crippen LogP contribution in [-0.2, 0) is 14.3 Å². The Bertz CT molecular complexity index is 357. The summed E-state index contributed by atoms with van der Waals surface area (Å²) in [5.41, 5.74) is 0. The van der Waals surface area contributed by atoms with Gasteiger partial charge in [0, 0.05) is 19.5 Å². The van der Waals surface area contributed by atoms with Gasteiger partial charge in [-0.05, 0) is 12.8 Å². The SMILES string of the molecule is CCCCCCCCCN1CC(C(=O)OCCCCCC)CC1=O. The van der Waals surface area contributed by atoms with Crippen molar-refractivity contribution in [2.45, 2.75) is 90.9 Å². The van der Waals surface area contributed by atoms with Crippen molar-refractivity contribution in [2.24, 2.45) is 5.92 Å². The maximum Gasteiger partial charge on any atom is 0.311 e. The van der Waals surface area contributed by atoms with Crippen LogP contribution in [0.5, 0.6) is 0 Å². The molecule has 0 N–H and O–H groups in total. The minimum absolute atomic E-state index is 0.119. The molecule has 0 radical (unpaired) electrons. The van der Waals surface area contributed by atoms with Gasteiger partial charge in [0.2, 0.25) is 5.91 Å². The van der Waals surface area contributed by atoms with Gasteiger partial charge >= 0.3 is 5.97 Å². The van der Waals surface area contributed by atoms with E-state index in [0.717, 1.165) is 25.8 Å². The lowest BCUT2D eigenvalue weighted by Gasteiger charge is -2.16. The van der Waals surface area contributed by atoms with Crippen LogP contribution in [0.3, 0.4) is 0 Å². The fraction of sp³-hybridized carbons (Fsp3) is 0.900. The molecule has 1 rings (SSSR count). The maximum absolute atomic E-state index is 12.0. The smallest absolute Gasteiger partial charge is 0.311 e. The highest BCUT2D eigenvalue weighted by atomic mass is 16.5. The number of hydrogen-bond acceptors (Lipinski definition) is 3. The highest BCUT2D eigenvalue weighted by Crippen LogP contribution is 2.20. The van der Waals surface area contributed by atoms with Crippen LogP contribution in [0, 0.1) is 5.92 Å². The molecule has 0 bridgehead atoms. The molecule has 1 unspecified atom stereocenters. The number of carbonyl (C=O) groups excluding carboxylic acids is 2. The molecule has 1 aliphatic rings. The Hall–Kier alpha value is -1.06. The number of unbranched alkanes of at least 4 members (excludes halogenated alkanes) is 9. The summed E-state index contributed by atoms with van der Waals surface area (Å²) in [6.07, 6.45) is 13.5. The molecule has 24 heavy (non-hydrogen) atoms. The number of ether oxygens (including phenoxy) is 1. The van der Waals surface area contributed by atoms with E-state index >= 15 is 0 Å². The van der Waals surface area contributed by atoms with Crippen LogP contribution in [-0.4, -0.2) is 36.5 Å². The van der Waals surface area contributed by atoms with Gasteiger partial charge in [0.05, 0.1) is 12.5 Å². The molecule has 0 spiro atoms. The lowest BCUT2D eigenvalue weighted by molar-refractivity contribution is -0.148. The van der Waals surface area contributed by atoms with Gasteiger partial charge in [-0.2, -0.15) is 0 Å². The van der Waals surface area contributed by atoms with Crippen molar-refractivity contribution in [3.63, 3.8) is 0 Å². The average Bonchev–Trinajstić information content (AvgIpc) is 2.95. The minimum atomic E-state index is -0.242. The second kappa shape index (κ2) is 13.3. The molecule has 1 atom stereocenters. The molecule has 0 aromatic heterocycles. The first-order valence-electron chi connectivity index (χ1n) is 10.1. The average molecular weight is 340 g/mol. The fourth-order valence-corrected chi connectivity index (χ4v) is 3.23. The Morgan fingerprint density at radius 3 is 2.21 bits per heavy atom. The van der Waals surface area contributed by atoms with Crippen molar-refractivity contribution < 1.29 is 14.3 Å². The number of likely N-dealkylation sites (tertiary alicyclic amines) is 1. The van der Waals surface area contributed by atoms with Crippen molar-refractivity contribution in [3.05, 3.63) is 0 Å². The third-order valence-electron chi connectivity index (χ3n) is 4.82. The van der Waals surface area contributed by atoms with Gasteiger partial charge in [-0.3, -0.25) is 9.59 Å². The maximum atomic E-state index is 12.0. The second-order valence-electron chi connectivity index (χ2n) is 7.09. The standard InChI is InChI=1S/C20H37NO3/c1-3-5-7-9-10-11-12-14-21-17-18(16-19(21)22)20(23)24-15-13-8-6-4-2/h18H,3-17H2,1-2H3. The molecule has 0 aromatic carbocycles. The molecule has 1 saturated heterocycles. The molecule has 140 valence electrons. The van der Waals surface area contributed by atoms with E-state index in [1.807, 2.05) is 4.90 Å². The molecule has 4 nitrogen and oxygen atoms in total. The lowest BCUT2D eigenvalue weighted by atomic mass is 10.1. The summed E-state index contributed by atoms with van der Waals surface area (Å²) in [7, 11) is 0. The van der Waals surface area contributed by atoms with E-state index in [0.29, 0.717) is 19.6 Å². The highest BCUT2D eigenvalue weighted by Gasteiger charge is 2.34. The van der Waals surface area contributed by atoms with Gasteiger partial charge in [-0.25, -0.2) is 0 Å². The Balaban J connectivity index is 2.10. The molecule has 1 heterocycles. The van der Waals surface area contributed by atoms with E-state index in [1.165, 1.54) is 51.4 Å². The Kier molecular flexibility index (Phi) is 11.6. The van der Waals surface area contributed by atoms with Gasteiger partial charge in [-0.1, -0.05) is 71.6 Å². The molecule has 0 aromatic rings. The zero-order valence-corrected chi connectivity index (χ0v) is 15.9. The fourth-order valence-electron chi connectivity index (χ4n) is 3.23. The quantitative estimate of drug-likeness (QED) is 0.340. The summed E-state index contributed by atoms with van der Waals surface area (Å²) in [5, 5.41) is 0. The zero-order valence-electron chi connectivity index (χ0n) is 15.9. The third kappa shape index (κ3) is 8.70. The van der Waals surface area contributed by atoms with Gasteiger partial charge < -0.3 is 9.64 Å². The van der Waals surface area contributed by atoms with E-state index in [1.54, 1.807) is 0 Å². The summed E-state index contributed by atoms with van der Waals surface area (Å²) in [5.74, 6) is -0.302. The first-order valence-corrected chi connectivity index (χ1v) is 10.1. The summed E-state index contributed by atoms with van der Waals surface area (Å²) >= 11 is 0. The first kappa shape index (κ1) is 21.0. The largest absolute Gasteiger partial charge is 0.465 e. The van der Waals surface area contributed by atoms with Crippen LogP contribution in [0.25, 0.3) is 0 Å². The summed E-state index contributed by atoms with van der Waals surface area (Å²) in [6.45, 7) is 6.25. The second-order valence-corrected chi connectivity index (χ2v) is 7.09. The number of amides is 1. The van der Waals surface area contributed by atoms with Crippen molar-refractivity contribution in [3.8, 4) is 0 Å². The molecule has 1 fully saturated rings. The lowest BCUT2D eigenvalue weighted by Crippen LogP contribution is -2.27. The molecule has 1 aliphatic heterocycles. The van der Waals surface area contributed by atoms with Gasteiger partial charge in [-0.15, -0.1) is 0 Å². The Labute approximate surface area is 148 Å². The summed E-state index contributed by atoms with van der Waals surface area (Å²) in [4.78, 5) is 25.9.